The molecule has 0 aromatic heterocycles. The molecule has 0 spiro atoms. The Morgan fingerprint density at radius 1 is 1.15 bits per heavy atom. The number of carbonyl (C=O) groups excluding carboxylic acids is 1. The summed E-state index contributed by atoms with van der Waals surface area (Å²) < 4.78 is 14.8. The maximum Gasteiger partial charge on any atom is 0.230 e. The SMILES string of the molecule is CCN1CCN(c2ccc(CNC(=NC)NCC3(C(=O)N(C)C)CCCC3)cc2F)CC1.I. The lowest BCUT2D eigenvalue weighted by atomic mass is 9.84. The van der Waals surface area contributed by atoms with Crippen molar-refractivity contribution in [3.05, 3.63) is 29.6 Å². The van der Waals surface area contributed by atoms with Gasteiger partial charge in [0, 0.05) is 60.4 Å². The van der Waals surface area contributed by atoms with Gasteiger partial charge in [-0.1, -0.05) is 25.8 Å². The van der Waals surface area contributed by atoms with E-state index >= 15 is 0 Å². The number of halogens is 2. The van der Waals surface area contributed by atoms with Crippen LogP contribution in [-0.4, -0.2) is 82.1 Å². The highest BCUT2D eigenvalue weighted by molar-refractivity contribution is 14.0. The van der Waals surface area contributed by atoms with Crippen LogP contribution in [0.15, 0.2) is 23.2 Å². The Bertz CT molecular complexity index is 804. The second-order valence-electron chi connectivity index (χ2n) is 9.17. The average molecular weight is 575 g/mol. The fraction of sp³-hybridized carbons (Fsp3) is 0.667. The van der Waals surface area contributed by atoms with Crippen molar-refractivity contribution in [2.45, 2.75) is 39.2 Å². The number of benzene rings is 1. The van der Waals surface area contributed by atoms with E-state index < -0.39 is 0 Å². The van der Waals surface area contributed by atoms with Gasteiger partial charge in [0.25, 0.3) is 0 Å². The molecule has 1 aliphatic heterocycles. The standard InChI is InChI=1S/C24H39FN6O.HI/c1-5-30-12-14-31(15-13-30)21-9-8-19(16-20(21)25)17-27-23(26-2)28-18-24(10-6-7-11-24)22(32)29(3)4;/h8-9,16H,5-7,10-15,17-18H2,1-4H3,(H2,26,27,28);1H. The lowest BCUT2D eigenvalue weighted by Crippen LogP contribution is -2.49. The van der Waals surface area contributed by atoms with E-state index in [0.29, 0.717) is 24.7 Å². The van der Waals surface area contributed by atoms with Gasteiger partial charge >= 0.3 is 0 Å². The zero-order valence-corrected chi connectivity index (χ0v) is 22.8. The van der Waals surface area contributed by atoms with Gasteiger partial charge < -0.3 is 25.3 Å². The number of nitrogens with zero attached hydrogens (tertiary/aromatic N) is 4. The number of guanidine groups is 1. The van der Waals surface area contributed by atoms with Crippen LogP contribution < -0.4 is 15.5 Å². The van der Waals surface area contributed by atoms with Crippen LogP contribution in [0, 0.1) is 11.2 Å². The first-order chi connectivity index (χ1) is 15.4. The Labute approximate surface area is 215 Å². The van der Waals surface area contributed by atoms with Crippen molar-refractivity contribution >= 4 is 41.5 Å². The fourth-order valence-corrected chi connectivity index (χ4v) is 4.87. The van der Waals surface area contributed by atoms with E-state index in [1.807, 2.05) is 26.2 Å². The first-order valence-corrected chi connectivity index (χ1v) is 11.8. The van der Waals surface area contributed by atoms with Crippen molar-refractivity contribution < 1.29 is 9.18 Å². The van der Waals surface area contributed by atoms with Gasteiger partial charge in [-0.15, -0.1) is 24.0 Å². The number of anilines is 1. The summed E-state index contributed by atoms with van der Waals surface area (Å²) in [6.07, 6.45) is 3.94. The third kappa shape index (κ3) is 6.94. The van der Waals surface area contributed by atoms with E-state index in [0.717, 1.165) is 64.0 Å². The van der Waals surface area contributed by atoms with Gasteiger partial charge in [0.05, 0.1) is 11.1 Å². The summed E-state index contributed by atoms with van der Waals surface area (Å²) in [6.45, 7) is 7.88. The van der Waals surface area contributed by atoms with Crippen molar-refractivity contribution in [1.29, 1.82) is 0 Å². The first-order valence-electron chi connectivity index (χ1n) is 11.8. The zero-order chi connectivity index (χ0) is 23.1. The molecule has 1 heterocycles. The van der Waals surface area contributed by atoms with Crippen LogP contribution in [0.4, 0.5) is 10.1 Å². The van der Waals surface area contributed by atoms with Gasteiger partial charge in [0.2, 0.25) is 5.91 Å². The van der Waals surface area contributed by atoms with Crippen LogP contribution in [0.25, 0.3) is 0 Å². The number of aliphatic imine (C=N–C) groups is 1. The Morgan fingerprint density at radius 2 is 1.82 bits per heavy atom. The number of nitrogens with one attached hydrogen (secondary N) is 2. The van der Waals surface area contributed by atoms with Crippen molar-refractivity contribution in [3.63, 3.8) is 0 Å². The monoisotopic (exact) mass is 574 g/mol. The molecule has 1 amide bonds. The Balaban J connectivity index is 0.00000385. The van der Waals surface area contributed by atoms with Gasteiger partial charge in [-0.05, 0) is 37.1 Å². The molecule has 0 radical (unpaired) electrons. The van der Waals surface area contributed by atoms with Gasteiger partial charge in [-0.2, -0.15) is 0 Å². The summed E-state index contributed by atoms with van der Waals surface area (Å²) >= 11 is 0. The largest absolute Gasteiger partial charge is 0.367 e. The first kappa shape index (κ1) is 27.6. The molecule has 3 rings (SSSR count). The van der Waals surface area contributed by atoms with Crippen molar-refractivity contribution in [1.82, 2.24) is 20.4 Å². The van der Waals surface area contributed by atoms with E-state index in [4.69, 9.17) is 0 Å². The maximum absolute atomic E-state index is 14.8. The van der Waals surface area contributed by atoms with Crippen LogP contribution >= 0.6 is 24.0 Å². The highest BCUT2D eigenvalue weighted by Crippen LogP contribution is 2.38. The van der Waals surface area contributed by atoms with E-state index in [2.05, 4.69) is 32.3 Å². The molecule has 9 heteroatoms. The van der Waals surface area contributed by atoms with Crippen molar-refractivity contribution in [2.75, 3.05) is 65.3 Å². The number of rotatable bonds is 7. The fourth-order valence-electron chi connectivity index (χ4n) is 4.87. The summed E-state index contributed by atoms with van der Waals surface area (Å²) in [4.78, 5) is 23.2. The number of piperazine rings is 1. The lowest BCUT2D eigenvalue weighted by molar-refractivity contribution is -0.138. The molecule has 33 heavy (non-hydrogen) atoms. The third-order valence-corrected chi connectivity index (χ3v) is 6.87. The van der Waals surface area contributed by atoms with Crippen LogP contribution in [0.5, 0.6) is 0 Å². The summed E-state index contributed by atoms with van der Waals surface area (Å²) in [6, 6.07) is 5.46. The minimum atomic E-state index is -0.364. The normalized spacial score (nSPS) is 18.6. The Morgan fingerprint density at radius 3 is 2.36 bits per heavy atom. The molecule has 1 aromatic carbocycles. The predicted molar refractivity (Wildman–Crippen MR) is 144 cm³/mol. The molecule has 1 saturated carbocycles. The predicted octanol–water partition coefficient (Wildman–Crippen LogP) is 2.90. The van der Waals surface area contributed by atoms with Crippen molar-refractivity contribution in [2.24, 2.45) is 10.4 Å². The molecular weight excluding hydrogens is 534 g/mol. The number of amides is 1. The molecule has 2 aliphatic rings. The minimum absolute atomic E-state index is 0. The highest BCUT2D eigenvalue weighted by Gasteiger charge is 2.42. The maximum atomic E-state index is 14.8. The number of likely N-dealkylation sites (N-methyl/N-ethyl adjacent to an activating group) is 1. The molecule has 7 nitrogen and oxygen atoms in total. The molecule has 0 atom stereocenters. The van der Waals surface area contributed by atoms with Crippen LogP contribution in [0.1, 0.15) is 38.2 Å². The van der Waals surface area contributed by atoms with E-state index in [1.165, 1.54) is 0 Å². The smallest absolute Gasteiger partial charge is 0.230 e. The molecule has 1 saturated heterocycles. The molecule has 2 N–H and O–H groups in total. The molecule has 0 unspecified atom stereocenters. The topological polar surface area (TPSA) is 63.2 Å². The Kier molecular flexibility index (Phi) is 10.7. The minimum Gasteiger partial charge on any atom is -0.367 e. The molecule has 0 bridgehead atoms. The Hall–Kier alpha value is -1.62. The molecule has 1 aliphatic carbocycles. The molecular formula is C24H40FIN6O. The highest BCUT2D eigenvalue weighted by atomic mass is 127. The summed E-state index contributed by atoms with van der Waals surface area (Å²) in [5.41, 5.74) is 1.18. The van der Waals surface area contributed by atoms with E-state index in [-0.39, 0.29) is 41.1 Å². The summed E-state index contributed by atoms with van der Waals surface area (Å²) in [5.74, 6) is 0.622. The average Bonchev–Trinajstić information content (AvgIpc) is 3.29. The van der Waals surface area contributed by atoms with Crippen LogP contribution in [0.3, 0.4) is 0 Å². The van der Waals surface area contributed by atoms with Gasteiger partial charge in [-0.3, -0.25) is 9.79 Å². The lowest BCUT2D eigenvalue weighted by Gasteiger charge is -2.35. The quantitative estimate of drug-likeness (QED) is 0.298. The van der Waals surface area contributed by atoms with E-state index in [1.54, 1.807) is 18.0 Å². The molecule has 1 aromatic rings. The third-order valence-electron chi connectivity index (χ3n) is 6.87. The van der Waals surface area contributed by atoms with Crippen LogP contribution in [-0.2, 0) is 11.3 Å². The van der Waals surface area contributed by atoms with Gasteiger partial charge in [0.1, 0.15) is 5.82 Å². The number of hydrogen-bond donors (Lipinski definition) is 2. The number of hydrogen-bond acceptors (Lipinski definition) is 4. The summed E-state index contributed by atoms with van der Waals surface area (Å²) in [5, 5.41) is 6.59. The van der Waals surface area contributed by atoms with E-state index in [9.17, 15) is 9.18 Å². The van der Waals surface area contributed by atoms with Crippen LogP contribution in [0.2, 0.25) is 0 Å². The molecule has 2 fully saturated rings. The van der Waals surface area contributed by atoms with Crippen molar-refractivity contribution in [3.8, 4) is 0 Å². The van der Waals surface area contributed by atoms with Gasteiger partial charge in [-0.25, -0.2) is 4.39 Å². The zero-order valence-electron chi connectivity index (χ0n) is 20.5. The second kappa shape index (κ2) is 12.7. The molecule has 186 valence electrons. The summed E-state index contributed by atoms with van der Waals surface area (Å²) in [7, 11) is 5.35. The van der Waals surface area contributed by atoms with Gasteiger partial charge in [0.15, 0.2) is 5.96 Å². The number of carbonyl (C=O) groups is 1. The second-order valence-corrected chi connectivity index (χ2v) is 9.17.